The first-order valence-electron chi connectivity index (χ1n) is 6.93. The first-order chi connectivity index (χ1) is 10.8. The molecule has 0 fully saturated rings. The molecule has 0 spiro atoms. The van der Waals surface area contributed by atoms with E-state index in [0.29, 0.717) is 42.7 Å². The summed E-state index contributed by atoms with van der Waals surface area (Å²) in [5.74, 6) is 1.64. The van der Waals surface area contributed by atoms with E-state index in [-0.39, 0.29) is 5.91 Å². The van der Waals surface area contributed by atoms with Crippen molar-refractivity contribution in [2.75, 3.05) is 20.3 Å². The number of nitrogens with zero attached hydrogens (tertiary/aromatic N) is 1. The molecule has 0 saturated carbocycles. The van der Waals surface area contributed by atoms with Gasteiger partial charge in [-0.25, -0.2) is 4.98 Å². The predicted molar refractivity (Wildman–Crippen MR) is 79.4 cm³/mol. The van der Waals surface area contributed by atoms with Gasteiger partial charge in [0.25, 0.3) is 5.91 Å². The minimum Gasteiger partial charge on any atom is -0.486 e. The summed E-state index contributed by atoms with van der Waals surface area (Å²) in [5, 5.41) is 2.84. The molecule has 0 bridgehead atoms. The Labute approximate surface area is 128 Å². The van der Waals surface area contributed by atoms with E-state index in [1.54, 1.807) is 37.6 Å². The molecule has 6 heteroatoms. The highest BCUT2D eigenvalue weighted by atomic mass is 16.6. The Kier molecular flexibility index (Phi) is 4.09. The van der Waals surface area contributed by atoms with E-state index in [1.807, 2.05) is 6.07 Å². The lowest BCUT2D eigenvalue weighted by Gasteiger charge is -2.18. The minimum atomic E-state index is -0.173. The number of amides is 1. The van der Waals surface area contributed by atoms with Crippen LogP contribution in [0.25, 0.3) is 0 Å². The van der Waals surface area contributed by atoms with Crippen molar-refractivity contribution in [3.63, 3.8) is 0 Å². The zero-order valence-electron chi connectivity index (χ0n) is 12.2. The van der Waals surface area contributed by atoms with Crippen LogP contribution in [0.3, 0.4) is 0 Å². The predicted octanol–water partition coefficient (Wildman–Crippen LogP) is 1.79. The van der Waals surface area contributed by atoms with Gasteiger partial charge >= 0.3 is 0 Å². The second kappa shape index (κ2) is 6.34. The van der Waals surface area contributed by atoms with Crippen molar-refractivity contribution >= 4 is 5.91 Å². The van der Waals surface area contributed by atoms with E-state index in [9.17, 15) is 4.79 Å². The number of carbonyl (C=O) groups excluding carboxylic acids is 1. The molecule has 6 nitrogen and oxygen atoms in total. The Hall–Kier alpha value is -2.76. The zero-order valence-corrected chi connectivity index (χ0v) is 12.2. The summed E-state index contributed by atoms with van der Waals surface area (Å²) in [6.07, 6.45) is 1.67. The van der Waals surface area contributed by atoms with Crippen LogP contribution in [0.15, 0.2) is 36.5 Å². The average Bonchev–Trinajstić information content (AvgIpc) is 2.59. The van der Waals surface area contributed by atoms with E-state index < -0.39 is 0 Å². The van der Waals surface area contributed by atoms with Gasteiger partial charge in [0.15, 0.2) is 11.5 Å². The molecule has 22 heavy (non-hydrogen) atoms. The summed E-state index contributed by atoms with van der Waals surface area (Å²) in [4.78, 5) is 16.3. The monoisotopic (exact) mass is 300 g/mol. The Morgan fingerprint density at radius 2 is 2.05 bits per heavy atom. The summed E-state index contributed by atoms with van der Waals surface area (Å²) >= 11 is 0. The molecule has 0 unspecified atom stereocenters. The van der Waals surface area contributed by atoms with Gasteiger partial charge in [0.05, 0.1) is 7.11 Å². The highest BCUT2D eigenvalue weighted by molar-refractivity contribution is 5.94. The summed E-state index contributed by atoms with van der Waals surface area (Å²) in [7, 11) is 1.56. The van der Waals surface area contributed by atoms with Crippen LogP contribution in [0.5, 0.6) is 17.4 Å². The maximum absolute atomic E-state index is 12.2. The lowest BCUT2D eigenvalue weighted by Crippen LogP contribution is -2.23. The van der Waals surface area contributed by atoms with Crippen molar-refractivity contribution < 1.29 is 19.0 Å². The Morgan fingerprint density at radius 3 is 2.77 bits per heavy atom. The van der Waals surface area contributed by atoms with Crippen LogP contribution in [-0.2, 0) is 6.54 Å². The minimum absolute atomic E-state index is 0.173. The van der Waals surface area contributed by atoms with E-state index in [4.69, 9.17) is 14.2 Å². The van der Waals surface area contributed by atoms with Gasteiger partial charge in [0.2, 0.25) is 5.88 Å². The molecule has 0 radical (unpaired) electrons. The van der Waals surface area contributed by atoms with Crippen molar-refractivity contribution in [2.45, 2.75) is 6.54 Å². The number of hydrogen-bond donors (Lipinski definition) is 1. The van der Waals surface area contributed by atoms with Gasteiger partial charge in [0, 0.05) is 24.4 Å². The number of carbonyl (C=O) groups is 1. The van der Waals surface area contributed by atoms with Crippen LogP contribution in [-0.4, -0.2) is 31.2 Å². The fourth-order valence-corrected chi connectivity index (χ4v) is 2.11. The van der Waals surface area contributed by atoms with E-state index in [1.165, 1.54) is 0 Å². The molecule has 0 saturated heterocycles. The van der Waals surface area contributed by atoms with Gasteiger partial charge < -0.3 is 19.5 Å². The van der Waals surface area contributed by atoms with E-state index in [2.05, 4.69) is 10.3 Å². The summed E-state index contributed by atoms with van der Waals surface area (Å²) < 4.78 is 15.9. The number of hydrogen-bond acceptors (Lipinski definition) is 5. The molecule has 1 aromatic carbocycles. The Morgan fingerprint density at radius 1 is 1.23 bits per heavy atom. The number of rotatable bonds is 4. The molecular weight excluding hydrogens is 284 g/mol. The molecule has 0 atom stereocenters. The third-order valence-corrected chi connectivity index (χ3v) is 3.26. The molecule has 1 amide bonds. The summed E-state index contributed by atoms with van der Waals surface area (Å²) in [6.45, 7) is 1.42. The molecule has 2 heterocycles. The number of fused-ring (bicyclic) bond motifs is 1. The third-order valence-electron chi connectivity index (χ3n) is 3.26. The highest BCUT2D eigenvalue weighted by Crippen LogP contribution is 2.30. The van der Waals surface area contributed by atoms with Crippen molar-refractivity contribution in [1.29, 1.82) is 0 Å². The average molecular weight is 300 g/mol. The smallest absolute Gasteiger partial charge is 0.251 e. The standard InChI is InChI=1S/C16H16N2O4/c1-20-15-5-2-11(9-17-15)10-18-16(19)12-3-4-13-14(8-12)22-7-6-21-13/h2-5,8-9H,6-7,10H2,1H3,(H,18,19). The van der Waals surface area contributed by atoms with Gasteiger partial charge in [-0.1, -0.05) is 6.07 Å². The quantitative estimate of drug-likeness (QED) is 0.932. The summed E-state index contributed by atoms with van der Waals surface area (Å²) in [5.41, 5.74) is 1.43. The lowest BCUT2D eigenvalue weighted by atomic mass is 10.1. The van der Waals surface area contributed by atoms with Crippen LogP contribution < -0.4 is 19.5 Å². The molecule has 1 N–H and O–H groups in total. The fraction of sp³-hybridized carbons (Fsp3) is 0.250. The molecule has 1 aromatic heterocycles. The molecule has 1 aliphatic heterocycles. The number of benzene rings is 1. The normalized spacial score (nSPS) is 12.6. The number of ether oxygens (including phenoxy) is 3. The van der Waals surface area contributed by atoms with Gasteiger partial charge in [-0.05, 0) is 23.8 Å². The highest BCUT2D eigenvalue weighted by Gasteiger charge is 2.14. The Balaban J connectivity index is 1.64. The molecule has 2 aromatic rings. The van der Waals surface area contributed by atoms with Crippen molar-refractivity contribution in [3.05, 3.63) is 47.7 Å². The SMILES string of the molecule is COc1ccc(CNC(=O)c2ccc3c(c2)OCCO3)cn1. The number of pyridine rings is 1. The van der Waals surface area contributed by atoms with E-state index in [0.717, 1.165) is 5.56 Å². The van der Waals surface area contributed by atoms with Gasteiger partial charge in [-0.2, -0.15) is 0 Å². The maximum atomic E-state index is 12.2. The number of nitrogens with one attached hydrogen (secondary N) is 1. The number of methoxy groups -OCH3 is 1. The molecular formula is C16H16N2O4. The first kappa shape index (κ1) is 14.2. The van der Waals surface area contributed by atoms with Crippen LogP contribution in [0, 0.1) is 0 Å². The zero-order chi connectivity index (χ0) is 15.4. The fourth-order valence-electron chi connectivity index (χ4n) is 2.11. The van der Waals surface area contributed by atoms with Gasteiger partial charge in [-0.15, -0.1) is 0 Å². The van der Waals surface area contributed by atoms with Crippen LogP contribution in [0.4, 0.5) is 0 Å². The molecule has 114 valence electrons. The molecule has 3 rings (SSSR count). The van der Waals surface area contributed by atoms with Gasteiger partial charge in [0.1, 0.15) is 13.2 Å². The number of aromatic nitrogens is 1. The maximum Gasteiger partial charge on any atom is 0.251 e. The van der Waals surface area contributed by atoms with Crippen molar-refractivity contribution in [1.82, 2.24) is 10.3 Å². The van der Waals surface area contributed by atoms with Crippen LogP contribution in [0.2, 0.25) is 0 Å². The van der Waals surface area contributed by atoms with Crippen LogP contribution >= 0.6 is 0 Å². The third kappa shape index (κ3) is 3.11. The van der Waals surface area contributed by atoms with Gasteiger partial charge in [-0.3, -0.25) is 4.79 Å². The molecule has 0 aliphatic carbocycles. The lowest BCUT2D eigenvalue weighted by molar-refractivity contribution is 0.0949. The molecule has 1 aliphatic rings. The Bertz CT molecular complexity index is 670. The first-order valence-corrected chi connectivity index (χ1v) is 6.93. The van der Waals surface area contributed by atoms with Crippen LogP contribution in [0.1, 0.15) is 15.9 Å². The van der Waals surface area contributed by atoms with E-state index >= 15 is 0 Å². The second-order valence-corrected chi connectivity index (χ2v) is 4.75. The largest absolute Gasteiger partial charge is 0.486 e. The second-order valence-electron chi connectivity index (χ2n) is 4.75. The topological polar surface area (TPSA) is 69.7 Å². The van der Waals surface area contributed by atoms with Crippen molar-refractivity contribution in [3.8, 4) is 17.4 Å². The van der Waals surface area contributed by atoms with Crippen molar-refractivity contribution in [2.24, 2.45) is 0 Å². The summed E-state index contributed by atoms with van der Waals surface area (Å²) in [6, 6.07) is 8.77.